The van der Waals surface area contributed by atoms with Gasteiger partial charge in [0.05, 0.1) is 11.4 Å². The number of pyridine rings is 1. The van der Waals surface area contributed by atoms with Gasteiger partial charge in [0, 0.05) is 29.9 Å². The monoisotopic (exact) mass is 269 g/mol. The molecule has 1 aromatic heterocycles. The summed E-state index contributed by atoms with van der Waals surface area (Å²) in [7, 11) is 0. The molecule has 0 bridgehead atoms. The first-order valence-corrected chi connectivity index (χ1v) is 7.06. The number of nitrogens with two attached hydrogens (primary N) is 1. The minimum absolute atomic E-state index is 0.0573. The number of amides is 1. The number of benzene rings is 1. The SMILES string of the molecule is C[C@H]1CC[C@H](C(N)=O)CN1c1ccnc2ccccc12. The predicted molar refractivity (Wildman–Crippen MR) is 80.5 cm³/mol. The smallest absolute Gasteiger partial charge is 0.222 e. The molecule has 0 spiro atoms. The van der Waals surface area contributed by atoms with Crippen LogP contribution >= 0.6 is 0 Å². The molecule has 104 valence electrons. The number of hydrogen-bond donors (Lipinski definition) is 1. The van der Waals surface area contributed by atoms with E-state index >= 15 is 0 Å². The Morgan fingerprint density at radius 1 is 1.30 bits per heavy atom. The lowest BCUT2D eigenvalue weighted by Gasteiger charge is -2.39. The van der Waals surface area contributed by atoms with Gasteiger partial charge in [-0.25, -0.2) is 0 Å². The van der Waals surface area contributed by atoms with Crippen LogP contribution in [0.4, 0.5) is 5.69 Å². The van der Waals surface area contributed by atoms with E-state index in [4.69, 9.17) is 5.73 Å². The van der Waals surface area contributed by atoms with E-state index in [1.54, 1.807) is 0 Å². The van der Waals surface area contributed by atoms with Crippen LogP contribution in [0.15, 0.2) is 36.5 Å². The number of hydrogen-bond acceptors (Lipinski definition) is 3. The van der Waals surface area contributed by atoms with E-state index in [0.29, 0.717) is 12.6 Å². The molecule has 2 N–H and O–H groups in total. The maximum atomic E-state index is 11.5. The molecule has 4 nitrogen and oxygen atoms in total. The second-order valence-corrected chi connectivity index (χ2v) is 5.53. The van der Waals surface area contributed by atoms with E-state index in [1.165, 1.54) is 0 Å². The molecular weight excluding hydrogens is 250 g/mol. The summed E-state index contributed by atoms with van der Waals surface area (Å²) in [5, 5.41) is 1.13. The first-order valence-electron chi connectivity index (χ1n) is 7.06. The highest BCUT2D eigenvalue weighted by Crippen LogP contribution is 2.32. The molecule has 1 amide bonds. The molecule has 2 aromatic rings. The Hall–Kier alpha value is -2.10. The van der Waals surface area contributed by atoms with Gasteiger partial charge in [-0.05, 0) is 31.9 Å². The molecule has 0 radical (unpaired) electrons. The number of carbonyl (C=O) groups excluding carboxylic acids is 1. The highest BCUT2D eigenvalue weighted by atomic mass is 16.1. The van der Waals surface area contributed by atoms with Crippen molar-refractivity contribution >= 4 is 22.5 Å². The highest BCUT2D eigenvalue weighted by Gasteiger charge is 2.29. The van der Waals surface area contributed by atoms with Crippen LogP contribution in [0, 0.1) is 5.92 Å². The van der Waals surface area contributed by atoms with Crippen LogP contribution in [0.1, 0.15) is 19.8 Å². The number of carbonyl (C=O) groups is 1. The van der Waals surface area contributed by atoms with E-state index in [-0.39, 0.29) is 11.8 Å². The molecule has 1 fully saturated rings. The Labute approximate surface area is 118 Å². The van der Waals surface area contributed by atoms with Gasteiger partial charge in [0.15, 0.2) is 0 Å². The summed E-state index contributed by atoms with van der Waals surface area (Å²) < 4.78 is 0. The van der Waals surface area contributed by atoms with Crippen molar-refractivity contribution in [2.24, 2.45) is 11.7 Å². The van der Waals surface area contributed by atoms with Crippen molar-refractivity contribution in [1.29, 1.82) is 0 Å². The summed E-state index contributed by atoms with van der Waals surface area (Å²) >= 11 is 0. The standard InChI is InChI=1S/C16H19N3O/c1-11-6-7-12(16(17)20)10-19(11)15-8-9-18-14-5-3-2-4-13(14)15/h2-5,8-9,11-12H,6-7,10H2,1H3,(H2,17,20)/t11-,12-/m0/s1. The van der Waals surface area contributed by atoms with E-state index in [9.17, 15) is 4.79 Å². The highest BCUT2D eigenvalue weighted by molar-refractivity contribution is 5.92. The van der Waals surface area contributed by atoms with E-state index < -0.39 is 0 Å². The molecule has 0 aliphatic carbocycles. The van der Waals surface area contributed by atoms with Crippen LogP contribution < -0.4 is 10.6 Å². The van der Waals surface area contributed by atoms with Crippen LogP contribution in [0.25, 0.3) is 10.9 Å². The Balaban J connectivity index is 2.02. The zero-order valence-corrected chi connectivity index (χ0v) is 11.6. The van der Waals surface area contributed by atoms with Gasteiger partial charge in [-0.3, -0.25) is 9.78 Å². The molecule has 3 rings (SSSR count). The summed E-state index contributed by atoms with van der Waals surface area (Å²) in [6.45, 7) is 2.90. The van der Waals surface area contributed by atoms with Gasteiger partial charge in [-0.2, -0.15) is 0 Å². The van der Waals surface area contributed by atoms with Gasteiger partial charge < -0.3 is 10.6 Å². The summed E-state index contributed by atoms with van der Waals surface area (Å²) in [5.74, 6) is -0.251. The van der Waals surface area contributed by atoms with Crippen LogP contribution in [0.3, 0.4) is 0 Å². The van der Waals surface area contributed by atoms with Crippen molar-refractivity contribution in [3.05, 3.63) is 36.5 Å². The van der Waals surface area contributed by atoms with Crippen molar-refractivity contribution in [2.75, 3.05) is 11.4 Å². The van der Waals surface area contributed by atoms with Crippen molar-refractivity contribution in [2.45, 2.75) is 25.8 Å². The first-order chi connectivity index (χ1) is 9.66. The fourth-order valence-corrected chi connectivity index (χ4v) is 3.01. The lowest BCUT2D eigenvalue weighted by molar-refractivity contribution is -0.122. The fourth-order valence-electron chi connectivity index (χ4n) is 3.01. The summed E-state index contributed by atoms with van der Waals surface area (Å²) in [4.78, 5) is 18.2. The van der Waals surface area contributed by atoms with Crippen LogP contribution in [-0.2, 0) is 4.79 Å². The zero-order chi connectivity index (χ0) is 14.1. The number of aromatic nitrogens is 1. The predicted octanol–water partition coefficient (Wildman–Crippen LogP) is 2.33. The number of piperidine rings is 1. The number of rotatable bonds is 2. The van der Waals surface area contributed by atoms with Gasteiger partial charge in [0.1, 0.15) is 0 Å². The van der Waals surface area contributed by atoms with E-state index in [2.05, 4.69) is 22.9 Å². The molecule has 1 aliphatic heterocycles. The number of fused-ring (bicyclic) bond motifs is 1. The molecular formula is C16H19N3O. The molecule has 0 saturated carbocycles. The Bertz CT molecular complexity index is 635. The molecule has 2 atom stereocenters. The Morgan fingerprint density at radius 3 is 2.90 bits per heavy atom. The summed E-state index contributed by atoms with van der Waals surface area (Å²) in [6.07, 6.45) is 3.71. The number of primary amides is 1. The minimum Gasteiger partial charge on any atom is -0.369 e. The summed E-state index contributed by atoms with van der Waals surface area (Å²) in [5.41, 5.74) is 7.62. The van der Waals surface area contributed by atoms with Crippen LogP contribution in [0.2, 0.25) is 0 Å². The molecule has 1 aliphatic rings. The topological polar surface area (TPSA) is 59.2 Å². The zero-order valence-electron chi connectivity index (χ0n) is 11.6. The van der Waals surface area contributed by atoms with Gasteiger partial charge in [-0.15, -0.1) is 0 Å². The first kappa shape index (κ1) is 12.9. The lowest BCUT2D eigenvalue weighted by Crippen LogP contribution is -2.46. The molecule has 4 heteroatoms. The van der Waals surface area contributed by atoms with Crippen molar-refractivity contribution < 1.29 is 4.79 Å². The normalized spacial score (nSPS) is 22.9. The molecule has 1 aromatic carbocycles. The Kier molecular flexibility index (Phi) is 3.30. The van der Waals surface area contributed by atoms with E-state index in [1.807, 2.05) is 30.5 Å². The average molecular weight is 269 g/mol. The number of anilines is 1. The van der Waals surface area contributed by atoms with Crippen molar-refractivity contribution in [1.82, 2.24) is 4.98 Å². The van der Waals surface area contributed by atoms with Gasteiger partial charge >= 0.3 is 0 Å². The number of nitrogens with zero attached hydrogens (tertiary/aromatic N) is 2. The van der Waals surface area contributed by atoms with Gasteiger partial charge in [-0.1, -0.05) is 18.2 Å². The van der Waals surface area contributed by atoms with Crippen molar-refractivity contribution in [3.8, 4) is 0 Å². The van der Waals surface area contributed by atoms with Gasteiger partial charge in [0.25, 0.3) is 0 Å². The molecule has 20 heavy (non-hydrogen) atoms. The molecule has 0 unspecified atom stereocenters. The Morgan fingerprint density at radius 2 is 2.10 bits per heavy atom. The van der Waals surface area contributed by atoms with Crippen LogP contribution in [-0.4, -0.2) is 23.5 Å². The molecule has 2 heterocycles. The quantitative estimate of drug-likeness (QED) is 0.910. The third-order valence-electron chi connectivity index (χ3n) is 4.22. The minimum atomic E-state index is -0.194. The van der Waals surface area contributed by atoms with Crippen molar-refractivity contribution in [3.63, 3.8) is 0 Å². The average Bonchev–Trinajstić information content (AvgIpc) is 2.47. The van der Waals surface area contributed by atoms with E-state index in [0.717, 1.165) is 29.4 Å². The third kappa shape index (κ3) is 2.22. The second-order valence-electron chi connectivity index (χ2n) is 5.53. The summed E-state index contributed by atoms with van der Waals surface area (Å²) in [6, 6.07) is 10.6. The van der Waals surface area contributed by atoms with Gasteiger partial charge in [0.2, 0.25) is 5.91 Å². The molecule has 1 saturated heterocycles. The largest absolute Gasteiger partial charge is 0.369 e. The third-order valence-corrected chi connectivity index (χ3v) is 4.22. The fraction of sp³-hybridized carbons (Fsp3) is 0.375. The number of para-hydroxylation sites is 1. The maximum absolute atomic E-state index is 11.5. The lowest BCUT2D eigenvalue weighted by atomic mass is 9.92. The second kappa shape index (κ2) is 5.12. The maximum Gasteiger partial charge on any atom is 0.222 e. The van der Waals surface area contributed by atoms with Crippen LogP contribution in [0.5, 0.6) is 0 Å².